The fourth-order valence-electron chi connectivity index (χ4n) is 2.69. The lowest BCUT2D eigenvalue weighted by molar-refractivity contribution is -0.128. The van der Waals surface area contributed by atoms with Crippen LogP contribution in [-0.2, 0) is 11.3 Å². The van der Waals surface area contributed by atoms with Crippen LogP contribution in [0.4, 0.5) is 0 Å². The zero-order valence-electron chi connectivity index (χ0n) is 13.9. The maximum atomic E-state index is 11.6. The number of amides is 1. The van der Waals surface area contributed by atoms with Gasteiger partial charge in [-0.1, -0.05) is 30.0 Å². The van der Waals surface area contributed by atoms with Crippen LogP contribution in [0.3, 0.4) is 0 Å². The first-order valence-corrected chi connectivity index (χ1v) is 9.04. The number of thioether (sulfide) groups is 1. The van der Waals surface area contributed by atoms with E-state index in [-0.39, 0.29) is 5.91 Å². The maximum absolute atomic E-state index is 11.6. The van der Waals surface area contributed by atoms with Gasteiger partial charge < -0.3 is 14.1 Å². The zero-order chi connectivity index (χ0) is 16.9. The Morgan fingerprint density at radius 3 is 2.79 bits per heavy atom. The predicted octanol–water partition coefficient (Wildman–Crippen LogP) is 2.98. The topological polar surface area (TPSA) is 68.5 Å². The molecule has 6 nitrogen and oxygen atoms in total. The largest absolute Gasteiger partial charge is 0.492 e. The third-order valence-electron chi connectivity index (χ3n) is 3.91. The molecule has 2 heterocycles. The van der Waals surface area contributed by atoms with Gasteiger partial charge in [-0.3, -0.25) is 4.79 Å². The molecule has 1 aromatic heterocycles. The molecule has 2 aromatic rings. The minimum atomic E-state index is 0.157. The number of likely N-dealkylation sites (tertiary alicyclic amines) is 1. The minimum Gasteiger partial charge on any atom is -0.492 e. The maximum Gasteiger partial charge on any atom is 0.276 e. The second kappa shape index (κ2) is 7.70. The van der Waals surface area contributed by atoms with E-state index in [0.29, 0.717) is 30.7 Å². The molecule has 1 amide bonds. The molecule has 1 aliphatic rings. The van der Waals surface area contributed by atoms with Crippen molar-refractivity contribution in [1.29, 1.82) is 0 Å². The normalized spacial score (nSPS) is 14.4. The van der Waals surface area contributed by atoms with Crippen LogP contribution in [0.1, 0.15) is 29.9 Å². The lowest BCUT2D eigenvalue weighted by atomic mass is 10.1. The van der Waals surface area contributed by atoms with Crippen molar-refractivity contribution >= 4 is 17.7 Å². The monoisotopic (exact) mass is 347 g/mol. The van der Waals surface area contributed by atoms with Crippen molar-refractivity contribution in [3.05, 3.63) is 35.2 Å². The average molecular weight is 347 g/mol. The van der Waals surface area contributed by atoms with E-state index in [1.807, 2.05) is 32.0 Å². The summed E-state index contributed by atoms with van der Waals surface area (Å²) >= 11 is 1.46. The van der Waals surface area contributed by atoms with Crippen LogP contribution in [-0.4, -0.2) is 39.9 Å². The fraction of sp³-hybridized carbons (Fsp3) is 0.471. The van der Waals surface area contributed by atoms with Crippen LogP contribution in [0.2, 0.25) is 0 Å². The number of carbonyl (C=O) groups excluding carboxylic acids is 1. The number of ether oxygens (including phenoxy) is 1. The summed E-state index contributed by atoms with van der Waals surface area (Å²) in [6.07, 6.45) is 1.52. The Kier molecular flexibility index (Phi) is 5.40. The van der Waals surface area contributed by atoms with E-state index < -0.39 is 0 Å². The third-order valence-corrected chi connectivity index (χ3v) is 4.69. The Labute approximate surface area is 145 Å². The molecule has 0 aliphatic carbocycles. The molecule has 0 saturated carbocycles. The van der Waals surface area contributed by atoms with Gasteiger partial charge in [0.2, 0.25) is 11.8 Å². The van der Waals surface area contributed by atoms with Gasteiger partial charge in [0, 0.05) is 18.7 Å². The number of aryl methyl sites for hydroxylation is 2. The molecule has 128 valence electrons. The van der Waals surface area contributed by atoms with E-state index in [4.69, 9.17) is 9.15 Å². The van der Waals surface area contributed by atoms with Crippen LogP contribution >= 0.6 is 11.8 Å². The lowest BCUT2D eigenvalue weighted by Crippen LogP contribution is -2.23. The Morgan fingerprint density at radius 1 is 1.29 bits per heavy atom. The molecule has 7 heteroatoms. The third kappa shape index (κ3) is 4.08. The summed E-state index contributed by atoms with van der Waals surface area (Å²) in [5, 5.41) is 8.54. The van der Waals surface area contributed by atoms with Gasteiger partial charge in [0.1, 0.15) is 5.75 Å². The highest BCUT2D eigenvalue weighted by Crippen LogP contribution is 2.23. The summed E-state index contributed by atoms with van der Waals surface area (Å²) in [4.78, 5) is 13.4. The smallest absolute Gasteiger partial charge is 0.276 e. The number of aromatic nitrogens is 2. The van der Waals surface area contributed by atoms with Crippen molar-refractivity contribution in [3.8, 4) is 5.75 Å². The van der Waals surface area contributed by atoms with Crippen LogP contribution < -0.4 is 4.74 Å². The van der Waals surface area contributed by atoms with Gasteiger partial charge in [0.25, 0.3) is 5.22 Å². The van der Waals surface area contributed by atoms with E-state index in [2.05, 4.69) is 10.2 Å². The quantitative estimate of drug-likeness (QED) is 0.566. The molecule has 0 radical (unpaired) electrons. The summed E-state index contributed by atoms with van der Waals surface area (Å²) in [6, 6.07) is 6.11. The first-order chi connectivity index (χ1) is 11.6. The van der Waals surface area contributed by atoms with E-state index in [1.165, 1.54) is 11.8 Å². The fourth-order valence-corrected chi connectivity index (χ4v) is 3.29. The molecule has 3 rings (SSSR count). The van der Waals surface area contributed by atoms with Gasteiger partial charge in [-0.15, -0.1) is 10.2 Å². The van der Waals surface area contributed by atoms with Gasteiger partial charge in [-0.05, 0) is 31.4 Å². The first-order valence-electron chi connectivity index (χ1n) is 8.05. The van der Waals surface area contributed by atoms with E-state index in [0.717, 1.165) is 35.6 Å². The summed E-state index contributed by atoms with van der Waals surface area (Å²) in [5.41, 5.74) is 2.27. The standard InChI is InChI=1S/C17H21N3O3S/c1-12-5-3-6-13(2)16(12)22-9-10-24-17-19-18-14(23-17)11-20-8-4-7-15(20)21/h3,5-6H,4,7-11H2,1-2H3. The molecule has 0 spiro atoms. The Hall–Kier alpha value is -2.02. The molecular weight excluding hydrogens is 326 g/mol. The molecule has 0 atom stereocenters. The second-order valence-electron chi connectivity index (χ2n) is 5.80. The zero-order valence-corrected chi connectivity index (χ0v) is 14.8. The number of carbonyl (C=O) groups is 1. The number of para-hydroxylation sites is 1. The van der Waals surface area contributed by atoms with E-state index in [1.54, 1.807) is 4.90 Å². The van der Waals surface area contributed by atoms with Gasteiger partial charge in [-0.25, -0.2) is 0 Å². The van der Waals surface area contributed by atoms with Crippen molar-refractivity contribution in [2.24, 2.45) is 0 Å². The highest BCUT2D eigenvalue weighted by molar-refractivity contribution is 7.99. The van der Waals surface area contributed by atoms with Crippen LogP contribution in [0.25, 0.3) is 0 Å². The summed E-state index contributed by atoms with van der Waals surface area (Å²) in [7, 11) is 0. The molecule has 1 aromatic carbocycles. The Balaban J connectivity index is 1.45. The van der Waals surface area contributed by atoms with Gasteiger partial charge in [0.15, 0.2) is 0 Å². The highest BCUT2D eigenvalue weighted by atomic mass is 32.2. The molecule has 0 N–H and O–H groups in total. The summed E-state index contributed by atoms with van der Waals surface area (Å²) in [5.74, 6) is 2.31. The first kappa shape index (κ1) is 16.8. The molecule has 1 saturated heterocycles. The van der Waals surface area contributed by atoms with Crippen molar-refractivity contribution in [2.75, 3.05) is 18.9 Å². The SMILES string of the molecule is Cc1cccc(C)c1OCCSc1nnc(CN2CCCC2=O)o1. The number of nitrogens with zero attached hydrogens (tertiary/aromatic N) is 3. The number of hydrogen-bond acceptors (Lipinski definition) is 6. The molecule has 24 heavy (non-hydrogen) atoms. The van der Waals surface area contributed by atoms with Gasteiger partial charge in [0.05, 0.1) is 13.2 Å². The molecule has 0 bridgehead atoms. The van der Waals surface area contributed by atoms with Crippen molar-refractivity contribution in [2.45, 2.75) is 38.5 Å². The van der Waals surface area contributed by atoms with E-state index in [9.17, 15) is 4.79 Å². The Bertz CT molecular complexity index is 697. The summed E-state index contributed by atoms with van der Waals surface area (Å²) in [6.45, 7) is 5.83. The number of rotatable bonds is 7. The molecular formula is C17H21N3O3S. The van der Waals surface area contributed by atoms with Crippen molar-refractivity contribution in [1.82, 2.24) is 15.1 Å². The molecule has 0 unspecified atom stereocenters. The number of hydrogen-bond donors (Lipinski definition) is 0. The van der Waals surface area contributed by atoms with Crippen LogP contribution in [0.5, 0.6) is 5.75 Å². The lowest BCUT2D eigenvalue weighted by Gasteiger charge is -2.11. The van der Waals surface area contributed by atoms with Crippen molar-refractivity contribution in [3.63, 3.8) is 0 Å². The average Bonchev–Trinajstić information content (AvgIpc) is 3.16. The minimum absolute atomic E-state index is 0.157. The molecule has 1 aliphatic heterocycles. The van der Waals surface area contributed by atoms with Crippen molar-refractivity contribution < 1.29 is 13.9 Å². The van der Waals surface area contributed by atoms with Crippen LogP contribution in [0.15, 0.2) is 27.8 Å². The Morgan fingerprint density at radius 2 is 2.08 bits per heavy atom. The highest BCUT2D eigenvalue weighted by Gasteiger charge is 2.22. The predicted molar refractivity (Wildman–Crippen MR) is 91.1 cm³/mol. The number of benzene rings is 1. The van der Waals surface area contributed by atoms with Crippen LogP contribution in [0, 0.1) is 13.8 Å². The molecule has 1 fully saturated rings. The van der Waals surface area contributed by atoms with Gasteiger partial charge in [-0.2, -0.15) is 0 Å². The van der Waals surface area contributed by atoms with E-state index >= 15 is 0 Å². The second-order valence-corrected chi connectivity index (χ2v) is 6.84. The van der Waals surface area contributed by atoms with Gasteiger partial charge >= 0.3 is 0 Å². The summed E-state index contributed by atoms with van der Waals surface area (Å²) < 4.78 is 11.4.